The second kappa shape index (κ2) is 10.6. The van der Waals surface area contributed by atoms with Gasteiger partial charge in [0.25, 0.3) is 17.5 Å². The van der Waals surface area contributed by atoms with Crippen LogP contribution in [0.15, 0.2) is 55.1 Å². The summed E-state index contributed by atoms with van der Waals surface area (Å²) < 4.78 is 4.91. The third-order valence-electron chi connectivity index (χ3n) is 3.91. The van der Waals surface area contributed by atoms with E-state index in [9.17, 15) is 19.7 Å². The van der Waals surface area contributed by atoms with Gasteiger partial charge in [-0.2, -0.15) is 0 Å². The second-order valence-corrected chi connectivity index (χ2v) is 5.91. The van der Waals surface area contributed by atoms with Gasteiger partial charge in [-0.1, -0.05) is 18.2 Å². The first-order chi connectivity index (χ1) is 14.0. The zero-order valence-electron chi connectivity index (χ0n) is 15.9. The van der Waals surface area contributed by atoms with Gasteiger partial charge in [0.1, 0.15) is 5.69 Å². The van der Waals surface area contributed by atoms with E-state index < -0.39 is 10.8 Å². The lowest BCUT2D eigenvalue weighted by Gasteiger charge is -2.12. The number of benzene rings is 2. The van der Waals surface area contributed by atoms with Crippen molar-refractivity contribution >= 4 is 28.9 Å². The third-order valence-corrected chi connectivity index (χ3v) is 3.91. The maximum Gasteiger partial charge on any atom is 0.293 e. The highest BCUT2D eigenvalue weighted by Gasteiger charge is 2.19. The van der Waals surface area contributed by atoms with Crippen LogP contribution in [0.25, 0.3) is 0 Å². The number of nitrogens with zero attached hydrogens (tertiary/aromatic N) is 1. The quantitative estimate of drug-likeness (QED) is 0.245. The number of rotatable bonds is 10. The Balaban J connectivity index is 2.23. The number of hydrogen-bond acceptors (Lipinski definition) is 6. The summed E-state index contributed by atoms with van der Waals surface area (Å²) in [6.45, 7) is 4.58. The molecule has 0 saturated carbocycles. The van der Waals surface area contributed by atoms with E-state index in [1.54, 1.807) is 30.3 Å². The van der Waals surface area contributed by atoms with Crippen molar-refractivity contribution in [3.63, 3.8) is 0 Å². The Morgan fingerprint density at radius 1 is 1.17 bits per heavy atom. The molecule has 9 heteroatoms. The van der Waals surface area contributed by atoms with Crippen molar-refractivity contribution in [2.24, 2.45) is 0 Å². The summed E-state index contributed by atoms with van der Waals surface area (Å²) in [4.78, 5) is 35.7. The number of ether oxygens (including phenoxy) is 1. The van der Waals surface area contributed by atoms with E-state index >= 15 is 0 Å². The van der Waals surface area contributed by atoms with Gasteiger partial charge in [-0.05, 0) is 24.3 Å². The Morgan fingerprint density at radius 3 is 2.62 bits per heavy atom. The monoisotopic (exact) mass is 398 g/mol. The SMILES string of the molecule is C=CCNC(=O)c1ccccc1NC(=O)c1ccc(NCCOC)c([N+](=O)[O-])c1. The van der Waals surface area contributed by atoms with E-state index in [0.29, 0.717) is 18.8 Å². The predicted molar refractivity (Wildman–Crippen MR) is 110 cm³/mol. The molecule has 0 atom stereocenters. The Hall–Kier alpha value is -3.72. The van der Waals surface area contributed by atoms with Crippen LogP contribution in [0.2, 0.25) is 0 Å². The summed E-state index contributed by atoms with van der Waals surface area (Å²) in [5.74, 6) is -0.940. The number of methoxy groups -OCH3 is 1. The molecule has 3 N–H and O–H groups in total. The minimum Gasteiger partial charge on any atom is -0.383 e. The van der Waals surface area contributed by atoms with E-state index in [1.165, 1.54) is 25.3 Å². The fourth-order valence-electron chi connectivity index (χ4n) is 2.51. The third kappa shape index (κ3) is 5.88. The van der Waals surface area contributed by atoms with Crippen LogP contribution in [-0.4, -0.2) is 43.5 Å². The number of para-hydroxylation sites is 1. The number of carbonyl (C=O) groups is 2. The number of carbonyl (C=O) groups excluding carboxylic acids is 2. The molecule has 2 rings (SSSR count). The number of nitro benzene ring substituents is 1. The van der Waals surface area contributed by atoms with Crippen LogP contribution >= 0.6 is 0 Å². The molecule has 2 aromatic carbocycles. The molecule has 2 aromatic rings. The molecule has 0 aliphatic heterocycles. The van der Waals surface area contributed by atoms with Gasteiger partial charge in [-0.15, -0.1) is 6.58 Å². The van der Waals surface area contributed by atoms with Crippen LogP contribution < -0.4 is 16.0 Å². The van der Waals surface area contributed by atoms with Gasteiger partial charge in [-0.25, -0.2) is 0 Å². The summed E-state index contributed by atoms with van der Waals surface area (Å²) in [6, 6.07) is 10.6. The first-order valence-corrected chi connectivity index (χ1v) is 8.78. The van der Waals surface area contributed by atoms with E-state index in [4.69, 9.17) is 4.74 Å². The molecule has 0 radical (unpaired) electrons. The lowest BCUT2D eigenvalue weighted by atomic mass is 10.1. The fourth-order valence-corrected chi connectivity index (χ4v) is 2.51. The van der Waals surface area contributed by atoms with E-state index in [2.05, 4.69) is 22.5 Å². The van der Waals surface area contributed by atoms with Crippen molar-refractivity contribution in [1.82, 2.24) is 5.32 Å². The molecule has 0 fully saturated rings. The van der Waals surface area contributed by atoms with E-state index in [-0.39, 0.29) is 35.0 Å². The lowest BCUT2D eigenvalue weighted by molar-refractivity contribution is -0.384. The lowest BCUT2D eigenvalue weighted by Crippen LogP contribution is -2.25. The van der Waals surface area contributed by atoms with Gasteiger partial charge >= 0.3 is 0 Å². The molecule has 0 aliphatic rings. The molecule has 0 aromatic heterocycles. The highest BCUT2D eigenvalue weighted by Crippen LogP contribution is 2.26. The smallest absolute Gasteiger partial charge is 0.293 e. The number of nitrogens with one attached hydrogen (secondary N) is 3. The molecular formula is C20H22N4O5. The van der Waals surface area contributed by atoms with Crippen LogP contribution in [0.1, 0.15) is 20.7 Å². The molecule has 0 aliphatic carbocycles. The zero-order valence-corrected chi connectivity index (χ0v) is 15.9. The Labute approximate surface area is 167 Å². The van der Waals surface area contributed by atoms with Gasteiger partial charge in [0.05, 0.1) is 22.8 Å². The molecule has 152 valence electrons. The maximum atomic E-state index is 12.6. The van der Waals surface area contributed by atoms with Gasteiger partial charge in [0.2, 0.25) is 0 Å². The van der Waals surface area contributed by atoms with Gasteiger partial charge in [0.15, 0.2) is 0 Å². The number of anilines is 2. The minimum atomic E-state index is -0.569. The molecular weight excluding hydrogens is 376 g/mol. The zero-order chi connectivity index (χ0) is 21.2. The van der Waals surface area contributed by atoms with Crippen molar-refractivity contribution in [3.8, 4) is 0 Å². The maximum absolute atomic E-state index is 12.6. The number of nitro groups is 1. The standard InChI is InChI=1S/C20H22N4O5/c1-3-10-22-20(26)15-6-4-5-7-16(15)23-19(25)14-8-9-17(21-11-12-29-2)18(13-14)24(27)28/h3-9,13,21H,1,10-12H2,2H3,(H,22,26)(H,23,25). The summed E-state index contributed by atoms with van der Waals surface area (Å²) in [7, 11) is 1.53. The molecule has 0 unspecified atom stereocenters. The van der Waals surface area contributed by atoms with E-state index in [0.717, 1.165) is 0 Å². The van der Waals surface area contributed by atoms with Crippen molar-refractivity contribution in [1.29, 1.82) is 0 Å². The first-order valence-electron chi connectivity index (χ1n) is 8.78. The van der Waals surface area contributed by atoms with Crippen molar-refractivity contribution in [3.05, 3.63) is 76.4 Å². The molecule has 29 heavy (non-hydrogen) atoms. The summed E-state index contributed by atoms with van der Waals surface area (Å²) in [6.07, 6.45) is 1.54. The van der Waals surface area contributed by atoms with Crippen molar-refractivity contribution < 1.29 is 19.2 Å². The van der Waals surface area contributed by atoms with Crippen LogP contribution in [0, 0.1) is 10.1 Å². The fraction of sp³-hybridized carbons (Fsp3) is 0.200. The molecule has 0 heterocycles. The normalized spacial score (nSPS) is 10.1. The van der Waals surface area contributed by atoms with Crippen LogP contribution in [0.5, 0.6) is 0 Å². The summed E-state index contributed by atoms with van der Waals surface area (Å²) >= 11 is 0. The average Bonchev–Trinajstić information content (AvgIpc) is 2.72. The van der Waals surface area contributed by atoms with Crippen molar-refractivity contribution in [2.75, 3.05) is 37.4 Å². The minimum absolute atomic E-state index is 0.0929. The Kier molecular flexibility index (Phi) is 7.87. The first kappa shape index (κ1) is 21.6. The van der Waals surface area contributed by atoms with Gasteiger partial charge < -0.3 is 20.7 Å². The molecule has 0 bridgehead atoms. The highest BCUT2D eigenvalue weighted by molar-refractivity contribution is 6.09. The van der Waals surface area contributed by atoms with Crippen molar-refractivity contribution in [2.45, 2.75) is 0 Å². The molecule has 0 spiro atoms. The van der Waals surface area contributed by atoms with Crippen LogP contribution in [0.4, 0.5) is 17.1 Å². The van der Waals surface area contributed by atoms with Gasteiger partial charge in [0, 0.05) is 31.8 Å². The summed E-state index contributed by atoms with van der Waals surface area (Å²) in [5, 5.41) is 19.5. The number of amides is 2. The predicted octanol–water partition coefficient (Wildman–Crippen LogP) is 2.82. The molecule has 2 amide bonds. The second-order valence-electron chi connectivity index (χ2n) is 5.91. The van der Waals surface area contributed by atoms with E-state index in [1.807, 2.05) is 0 Å². The Morgan fingerprint density at radius 2 is 1.93 bits per heavy atom. The summed E-state index contributed by atoms with van der Waals surface area (Å²) in [5.41, 5.74) is 0.716. The molecule has 9 nitrogen and oxygen atoms in total. The van der Waals surface area contributed by atoms with Crippen LogP contribution in [-0.2, 0) is 4.74 Å². The van der Waals surface area contributed by atoms with Gasteiger partial charge in [-0.3, -0.25) is 19.7 Å². The largest absolute Gasteiger partial charge is 0.383 e. The van der Waals surface area contributed by atoms with Crippen LogP contribution in [0.3, 0.4) is 0 Å². The number of hydrogen-bond donors (Lipinski definition) is 3. The molecule has 0 saturated heterocycles. The highest BCUT2D eigenvalue weighted by atomic mass is 16.6. The Bertz CT molecular complexity index is 913. The topological polar surface area (TPSA) is 123 Å². The average molecular weight is 398 g/mol.